The third-order valence-corrected chi connectivity index (χ3v) is 2.59. The van der Waals surface area contributed by atoms with Gasteiger partial charge in [-0.2, -0.15) is 0 Å². The van der Waals surface area contributed by atoms with Crippen molar-refractivity contribution in [3.63, 3.8) is 0 Å². The van der Waals surface area contributed by atoms with Crippen LogP contribution in [-0.4, -0.2) is 31.1 Å². The number of guanidine groups is 1. The minimum absolute atomic E-state index is 0.0688. The van der Waals surface area contributed by atoms with Crippen molar-refractivity contribution in [1.82, 2.24) is 4.90 Å². The molecule has 2 rings (SSSR count). The number of nitrogens with two attached hydrogens (primary N) is 1. The molecule has 0 unspecified atom stereocenters. The molecule has 0 saturated heterocycles. The van der Waals surface area contributed by atoms with Crippen molar-refractivity contribution < 1.29 is 9.47 Å². The SMILES string of the molecule is COc1cccc2c1OCCN(C(=N)N)C2. The van der Waals surface area contributed by atoms with Crippen molar-refractivity contribution in [3.05, 3.63) is 23.8 Å². The van der Waals surface area contributed by atoms with Crippen LogP contribution >= 0.6 is 0 Å². The van der Waals surface area contributed by atoms with E-state index in [-0.39, 0.29) is 5.96 Å². The van der Waals surface area contributed by atoms with Gasteiger partial charge in [-0.3, -0.25) is 5.41 Å². The van der Waals surface area contributed by atoms with Crippen LogP contribution < -0.4 is 15.2 Å². The van der Waals surface area contributed by atoms with Gasteiger partial charge in [0.25, 0.3) is 0 Å². The van der Waals surface area contributed by atoms with Crippen LogP contribution in [0.2, 0.25) is 0 Å². The summed E-state index contributed by atoms with van der Waals surface area (Å²) in [5.41, 5.74) is 6.48. The average molecular weight is 221 g/mol. The van der Waals surface area contributed by atoms with E-state index in [1.807, 2.05) is 18.2 Å². The molecule has 86 valence electrons. The number of nitrogens with zero attached hydrogens (tertiary/aromatic N) is 1. The fourth-order valence-corrected chi connectivity index (χ4v) is 1.76. The monoisotopic (exact) mass is 221 g/mol. The third kappa shape index (κ3) is 1.88. The molecule has 1 aromatic carbocycles. The number of hydrogen-bond donors (Lipinski definition) is 2. The Labute approximate surface area is 94.3 Å². The molecule has 0 amide bonds. The highest BCUT2D eigenvalue weighted by molar-refractivity contribution is 5.74. The fourth-order valence-electron chi connectivity index (χ4n) is 1.76. The Balaban J connectivity index is 2.34. The number of ether oxygens (including phenoxy) is 2. The lowest BCUT2D eigenvalue weighted by molar-refractivity contribution is 0.275. The van der Waals surface area contributed by atoms with Crippen LogP contribution in [0.4, 0.5) is 0 Å². The molecular formula is C11H15N3O2. The Morgan fingerprint density at radius 2 is 2.38 bits per heavy atom. The van der Waals surface area contributed by atoms with Gasteiger partial charge in [0, 0.05) is 12.1 Å². The molecule has 16 heavy (non-hydrogen) atoms. The van der Waals surface area contributed by atoms with Gasteiger partial charge in [-0.25, -0.2) is 0 Å². The van der Waals surface area contributed by atoms with Crippen LogP contribution in [0, 0.1) is 5.41 Å². The molecule has 0 aliphatic carbocycles. The molecule has 0 spiro atoms. The number of rotatable bonds is 1. The van der Waals surface area contributed by atoms with Crippen molar-refractivity contribution in [1.29, 1.82) is 5.41 Å². The van der Waals surface area contributed by atoms with Gasteiger partial charge in [-0.05, 0) is 6.07 Å². The van der Waals surface area contributed by atoms with E-state index in [9.17, 15) is 0 Å². The standard InChI is InChI=1S/C11H15N3O2/c1-15-9-4-2-3-8-7-14(11(12)13)5-6-16-10(8)9/h2-4H,5-7H2,1H3,(H3,12,13). The molecule has 1 aliphatic heterocycles. The van der Waals surface area contributed by atoms with Crippen LogP contribution in [0.1, 0.15) is 5.56 Å². The van der Waals surface area contributed by atoms with E-state index >= 15 is 0 Å². The zero-order chi connectivity index (χ0) is 11.5. The third-order valence-electron chi connectivity index (χ3n) is 2.59. The summed E-state index contributed by atoms with van der Waals surface area (Å²) in [4.78, 5) is 1.77. The summed E-state index contributed by atoms with van der Waals surface area (Å²) in [6.07, 6.45) is 0. The molecule has 5 nitrogen and oxygen atoms in total. The van der Waals surface area contributed by atoms with Crippen molar-refractivity contribution in [3.8, 4) is 11.5 Å². The second-order valence-electron chi connectivity index (χ2n) is 3.60. The number of benzene rings is 1. The summed E-state index contributed by atoms with van der Waals surface area (Å²) in [5.74, 6) is 1.55. The summed E-state index contributed by atoms with van der Waals surface area (Å²) < 4.78 is 10.9. The first-order valence-electron chi connectivity index (χ1n) is 5.10. The molecule has 0 fully saturated rings. The Hall–Kier alpha value is -1.91. The molecule has 3 N–H and O–H groups in total. The van der Waals surface area contributed by atoms with E-state index in [4.69, 9.17) is 20.6 Å². The number of fused-ring (bicyclic) bond motifs is 1. The maximum Gasteiger partial charge on any atom is 0.188 e. The quantitative estimate of drug-likeness (QED) is 0.543. The van der Waals surface area contributed by atoms with E-state index < -0.39 is 0 Å². The predicted octanol–water partition coefficient (Wildman–Crippen LogP) is 0.783. The van der Waals surface area contributed by atoms with Crippen LogP contribution in [0.25, 0.3) is 0 Å². The molecule has 0 saturated carbocycles. The maximum atomic E-state index is 7.44. The highest BCUT2D eigenvalue weighted by Gasteiger charge is 2.18. The molecule has 1 aromatic rings. The lowest BCUT2D eigenvalue weighted by atomic mass is 10.2. The molecule has 0 aromatic heterocycles. The van der Waals surface area contributed by atoms with Gasteiger partial charge in [-0.15, -0.1) is 0 Å². The van der Waals surface area contributed by atoms with Crippen molar-refractivity contribution in [2.75, 3.05) is 20.3 Å². The van der Waals surface area contributed by atoms with Crippen LogP contribution in [0.15, 0.2) is 18.2 Å². The minimum atomic E-state index is 0.0688. The van der Waals surface area contributed by atoms with Gasteiger partial charge in [0.05, 0.1) is 13.7 Å². The van der Waals surface area contributed by atoms with E-state index in [0.29, 0.717) is 19.7 Å². The molecule has 0 bridgehead atoms. The smallest absolute Gasteiger partial charge is 0.188 e. The first-order chi connectivity index (χ1) is 7.72. The number of para-hydroxylation sites is 1. The minimum Gasteiger partial charge on any atom is -0.493 e. The van der Waals surface area contributed by atoms with Gasteiger partial charge < -0.3 is 20.1 Å². The zero-order valence-electron chi connectivity index (χ0n) is 9.19. The van der Waals surface area contributed by atoms with Gasteiger partial charge in [-0.1, -0.05) is 12.1 Å². The summed E-state index contributed by atoms with van der Waals surface area (Å²) >= 11 is 0. The predicted molar refractivity (Wildman–Crippen MR) is 60.8 cm³/mol. The Kier molecular flexibility index (Phi) is 2.85. The number of methoxy groups -OCH3 is 1. The van der Waals surface area contributed by atoms with Crippen LogP contribution in [-0.2, 0) is 6.54 Å². The molecule has 5 heteroatoms. The van der Waals surface area contributed by atoms with Crippen LogP contribution in [0.5, 0.6) is 11.5 Å². The van der Waals surface area contributed by atoms with Gasteiger partial charge in [0.15, 0.2) is 17.5 Å². The maximum absolute atomic E-state index is 7.44. The first kappa shape index (κ1) is 10.6. The number of nitrogens with one attached hydrogen (secondary N) is 1. The fraction of sp³-hybridized carbons (Fsp3) is 0.364. The Bertz CT molecular complexity index is 406. The highest BCUT2D eigenvalue weighted by atomic mass is 16.5. The first-order valence-corrected chi connectivity index (χ1v) is 5.10. The Morgan fingerprint density at radius 1 is 1.56 bits per heavy atom. The lowest BCUT2D eigenvalue weighted by Gasteiger charge is -2.18. The van der Waals surface area contributed by atoms with E-state index in [2.05, 4.69) is 0 Å². The molecule has 1 heterocycles. The van der Waals surface area contributed by atoms with Gasteiger partial charge >= 0.3 is 0 Å². The average Bonchev–Trinajstić information content (AvgIpc) is 2.50. The second kappa shape index (κ2) is 4.30. The van der Waals surface area contributed by atoms with E-state index in [1.54, 1.807) is 12.0 Å². The molecule has 0 atom stereocenters. The van der Waals surface area contributed by atoms with Gasteiger partial charge in [0.2, 0.25) is 0 Å². The van der Waals surface area contributed by atoms with Crippen molar-refractivity contribution in [2.24, 2.45) is 5.73 Å². The van der Waals surface area contributed by atoms with Crippen molar-refractivity contribution in [2.45, 2.75) is 6.54 Å². The second-order valence-corrected chi connectivity index (χ2v) is 3.60. The van der Waals surface area contributed by atoms with E-state index in [1.165, 1.54) is 0 Å². The molecule has 1 aliphatic rings. The Morgan fingerprint density at radius 3 is 3.06 bits per heavy atom. The van der Waals surface area contributed by atoms with Crippen LogP contribution in [0.3, 0.4) is 0 Å². The largest absolute Gasteiger partial charge is 0.493 e. The summed E-state index contributed by atoms with van der Waals surface area (Å²) in [5, 5.41) is 7.44. The lowest BCUT2D eigenvalue weighted by Crippen LogP contribution is -2.37. The van der Waals surface area contributed by atoms with Gasteiger partial charge in [0.1, 0.15) is 6.61 Å². The summed E-state index contributed by atoms with van der Waals surface area (Å²) in [6.45, 7) is 1.71. The summed E-state index contributed by atoms with van der Waals surface area (Å²) in [7, 11) is 1.62. The summed E-state index contributed by atoms with van der Waals surface area (Å²) in [6, 6.07) is 5.73. The number of hydrogen-bond acceptors (Lipinski definition) is 3. The molecule has 0 radical (unpaired) electrons. The van der Waals surface area contributed by atoms with Crippen molar-refractivity contribution >= 4 is 5.96 Å². The normalized spacial score (nSPS) is 14.7. The topological polar surface area (TPSA) is 71.6 Å². The molecular weight excluding hydrogens is 206 g/mol. The zero-order valence-corrected chi connectivity index (χ0v) is 9.19. The highest BCUT2D eigenvalue weighted by Crippen LogP contribution is 2.33. The van der Waals surface area contributed by atoms with E-state index in [0.717, 1.165) is 17.1 Å².